The van der Waals surface area contributed by atoms with Crippen LogP contribution in [0, 0.1) is 19.7 Å². The number of aromatic nitrogens is 2. The van der Waals surface area contributed by atoms with Crippen molar-refractivity contribution in [2.45, 2.75) is 13.8 Å². The van der Waals surface area contributed by atoms with Crippen LogP contribution in [0.15, 0.2) is 54.9 Å². The van der Waals surface area contributed by atoms with Crippen LogP contribution in [-0.2, 0) is 0 Å². The molecule has 0 bridgehead atoms. The summed E-state index contributed by atoms with van der Waals surface area (Å²) in [6.45, 7) is 4.22. The summed E-state index contributed by atoms with van der Waals surface area (Å²) in [7, 11) is 0. The molecule has 0 aliphatic heterocycles. The number of halogens is 1. The van der Waals surface area contributed by atoms with E-state index in [2.05, 4.69) is 15.6 Å². The number of pyridine rings is 1. The van der Waals surface area contributed by atoms with E-state index in [0.717, 1.165) is 17.1 Å². The van der Waals surface area contributed by atoms with Crippen molar-refractivity contribution in [3.05, 3.63) is 83.2 Å². The maximum atomic E-state index is 13.6. The van der Waals surface area contributed by atoms with Gasteiger partial charge in [0.2, 0.25) is 0 Å². The average Bonchev–Trinajstić information content (AvgIpc) is 3.00. The van der Waals surface area contributed by atoms with Gasteiger partial charge in [-0.3, -0.25) is 14.6 Å². The van der Waals surface area contributed by atoms with Crippen molar-refractivity contribution in [1.82, 2.24) is 20.2 Å². The molecule has 2 N–H and O–H groups in total. The monoisotopic (exact) mass is 380 g/mol. The van der Waals surface area contributed by atoms with Gasteiger partial charge in [-0.05, 0) is 44.2 Å². The Labute approximate surface area is 162 Å². The molecule has 2 amide bonds. The number of amides is 2. The van der Waals surface area contributed by atoms with Crippen molar-refractivity contribution in [1.29, 1.82) is 0 Å². The minimum absolute atomic E-state index is 0.0196. The molecular weight excluding hydrogens is 359 g/mol. The van der Waals surface area contributed by atoms with Crippen LogP contribution in [0.5, 0.6) is 0 Å². The number of nitrogens with zero attached hydrogens (tertiary/aromatic N) is 2. The summed E-state index contributed by atoms with van der Waals surface area (Å²) >= 11 is 0. The molecule has 0 unspecified atom stereocenters. The lowest BCUT2D eigenvalue weighted by molar-refractivity contribution is 0.0925. The Morgan fingerprint density at radius 3 is 2.32 bits per heavy atom. The van der Waals surface area contributed by atoms with Crippen LogP contribution in [0.3, 0.4) is 0 Å². The van der Waals surface area contributed by atoms with Gasteiger partial charge in [-0.25, -0.2) is 4.39 Å². The molecule has 0 aliphatic rings. The van der Waals surface area contributed by atoms with E-state index in [1.165, 1.54) is 18.2 Å². The zero-order valence-electron chi connectivity index (χ0n) is 15.7. The lowest BCUT2D eigenvalue weighted by Gasteiger charge is -2.10. The van der Waals surface area contributed by atoms with Gasteiger partial charge in [0.05, 0.1) is 23.0 Å². The van der Waals surface area contributed by atoms with Gasteiger partial charge >= 0.3 is 0 Å². The van der Waals surface area contributed by atoms with E-state index < -0.39 is 11.7 Å². The molecule has 6 nitrogen and oxygen atoms in total. The largest absolute Gasteiger partial charge is 0.350 e. The molecule has 7 heteroatoms. The molecule has 0 saturated carbocycles. The van der Waals surface area contributed by atoms with Gasteiger partial charge in [0.1, 0.15) is 5.82 Å². The molecule has 0 radical (unpaired) electrons. The van der Waals surface area contributed by atoms with E-state index in [9.17, 15) is 14.0 Å². The lowest BCUT2D eigenvalue weighted by Crippen LogP contribution is -2.35. The van der Waals surface area contributed by atoms with Crippen LogP contribution < -0.4 is 10.6 Å². The van der Waals surface area contributed by atoms with Crippen LogP contribution in [0.4, 0.5) is 4.39 Å². The highest BCUT2D eigenvalue weighted by Gasteiger charge is 2.16. The minimum Gasteiger partial charge on any atom is -0.350 e. The number of carbonyl (C=O) groups excluding carboxylic acids is 2. The lowest BCUT2D eigenvalue weighted by atomic mass is 10.2. The second kappa shape index (κ2) is 8.47. The summed E-state index contributed by atoms with van der Waals surface area (Å²) in [5.74, 6) is -1.32. The zero-order valence-corrected chi connectivity index (χ0v) is 15.7. The SMILES string of the molecule is Cc1cc(C(=O)NCCNC(=O)c2ccccc2F)c(C)n1-c1cccnc1. The van der Waals surface area contributed by atoms with Gasteiger partial charge < -0.3 is 15.2 Å². The topological polar surface area (TPSA) is 76.0 Å². The molecule has 0 aliphatic carbocycles. The van der Waals surface area contributed by atoms with E-state index in [0.29, 0.717) is 5.56 Å². The van der Waals surface area contributed by atoms with Gasteiger partial charge in [0.25, 0.3) is 11.8 Å². The second-order valence-corrected chi connectivity index (χ2v) is 6.32. The van der Waals surface area contributed by atoms with Crippen LogP contribution >= 0.6 is 0 Å². The predicted octanol–water partition coefficient (Wildman–Crippen LogP) is 2.79. The summed E-state index contributed by atoms with van der Waals surface area (Å²) in [6.07, 6.45) is 3.43. The molecule has 0 saturated heterocycles. The highest BCUT2D eigenvalue weighted by Crippen LogP contribution is 2.20. The van der Waals surface area contributed by atoms with Gasteiger partial charge in [0, 0.05) is 30.7 Å². The van der Waals surface area contributed by atoms with Gasteiger partial charge in [-0.1, -0.05) is 12.1 Å². The summed E-state index contributed by atoms with van der Waals surface area (Å²) in [4.78, 5) is 28.6. The van der Waals surface area contributed by atoms with E-state index in [1.54, 1.807) is 18.5 Å². The molecule has 28 heavy (non-hydrogen) atoms. The number of hydrogen-bond acceptors (Lipinski definition) is 3. The number of hydrogen-bond donors (Lipinski definition) is 2. The summed E-state index contributed by atoms with van der Waals surface area (Å²) < 4.78 is 15.5. The second-order valence-electron chi connectivity index (χ2n) is 6.32. The fraction of sp³-hybridized carbons (Fsp3) is 0.190. The molecule has 3 rings (SSSR count). The highest BCUT2D eigenvalue weighted by molar-refractivity contribution is 5.96. The normalized spacial score (nSPS) is 10.5. The van der Waals surface area contributed by atoms with E-state index in [-0.39, 0.29) is 24.6 Å². The van der Waals surface area contributed by atoms with Gasteiger partial charge in [-0.2, -0.15) is 0 Å². The summed E-state index contributed by atoms with van der Waals surface area (Å²) in [5, 5.41) is 5.37. The number of benzene rings is 1. The van der Waals surface area contributed by atoms with Crippen molar-refractivity contribution in [2.24, 2.45) is 0 Å². The molecule has 0 spiro atoms. The van der Waals surface area contributed by atoms with E-state index >= 15 is 0 Å². The Hall–Kier alpha value is -3.48. The molecule has 144 valence electrons. The maximum Gasteiger partial charge on any atom is 0.254 e. The number of nitrogens with one attached hydrogen (secondary N) is 2. The quantitative estimate of drug-likeness (QED) is 0.646. The Morgan fingerprint density at radius 2 is 1.68 bits per heavy atom. The first-order valence-electron chi connectivity index (χ1n) is 8.89. The molecule has 3 aromatic rings. The van der Waals surface area contributed by atoms with E-state index in [1.807, 2.05) is 36.6 Å². The number of rotatable bonds is 6. The third-order valence-corrected chi connectivity index (χ3v) is 4.39. The first-order chi connectivity index (χ1) is 13.5. The fourth-order valence-corrected chi connectivity index (χ4v) is 3.06. The molecule has 2 aromatic heterocycles. The predicted molar refractivity (Wildman–Crippen MR) is 104 cm³/mol. The third-order valence-electron chi connectivity index (χ3n) is 4.39. The smallest absolute Gasteiger partial charge is 0.254 e. The standard InChI is InChI=1S/C21H21FN4O2/c1-14-12-18(15(2)26(14)16-6-5-9-23-13-16)21(28)25-11-10-24-20(27)17-7-3-4-8-19(17)22/h3-9,12-13H,10-11H2,1-2H3,(H,24,27)(H,25,28). The molecule has 2 heterocycles. The Bertz CT molecular complexity index is 999. The molecule has 0 atom stereocenters. The Balaban J connectivity index is 1.59. The average molecular weight is 380 g/mol. The number of aryl methyl sites for hydroxylation is 1. The molecular formula is C21H21FN4O2. The van der Waals surface area contributed by atoms with E-state index in [4.69, 9.17) is 0 Å². The van der Waals surface area contributed by atoms with Crippen molar-refractivity contribution in [2.75, 3.05) is 13.1 Å². The van der Waals surface area contributed by atoms with Crippen LogP contribution in [0.2, 0.25) is 0 Å². The Morgan fingerprint density at radius 1 is 1.00 bits per heavy atom. The molecule has 1 aromatic carbocycles. The fourth-order valence-electron chi connectivity index (χ4n) is 3.06. The molecule has 0 fully saturated rings. The van der Waals surface area contributed by atoms with Crippen molar-refractivity contribution >= 4 is 11.8 Å². The van der Waals surface area contributed by atoms with Crippen LogP contribution in [0.1, 0.15) is 32.1 Å². The summed E-state index contributed by atoms with van der Waals surface area (Å²) in [5.41, 5.74) is 3.14. The maximum absolute atomic E-state index is 13.6. The Kier molecular flexibility index (Phi) is 5.84. The van der Waals surface area contributed by atoms with Crippen molar-refractivity contribution in [3.63, 3.8) is 0 Å². The zero-order chi connectivity index (χ0) is 20.1. The minimum atomic E-state index is -0.577. The van der Waals surface area contributed by atoms with Crippen LogP contribution in [0.25, 0.3) is 5.69 Å². The third kappa shape index (κ3) is 4.09. The number of carbonyl (C=O) groups is 2. The van der Waals surface area contributed by atoms with Crippen LogP contribution in [-0.4, -0.2) is 34.5 Å². The first-order valence-corrected chi connectivity index (χ1v) is 8.89. The van der Waals surface area contributed by atoms with Crippen molar-refractivity contribution < 1.29 is 14.0 Å². The van der Waals surface area contributed by atoms with Crippen molar-refractivity contribution in [3.8, 4) is 5.69 Å². The van der Waals surface area contributed by atoms with Gasteiger partial charge in [0.15, 0.2) is 0 Å². The van der Waals surface area contributed by atoms with Gasteiger partial charge in [-0.15, -0.1) is 0 Å². The highest BCUT2D eigenvalue weighted by atomic mass is 19.1. The first kappa shape index (κ1) is 19.3. The summed E-state index contributed by atoms with van der Waals surface area (Å²) in [6, 6.07) is 11.3.